The molecule has 0 fully saturated rings. The van der Waals surface area contributed by atoms with Gasteiger partial charge in [-0.15, -0.1) is 0 Å². The van der Waals surface area contributed by atoms with E-state index < -0.39 is 23.9 Å². The SMILES string of the molecule is CCCCCCCCCCCOC(=O)c1ccccc1C(=O)OCCCCCCCCCCC.CCCCCCCCCCCc1ccc(C(=O)O)c(C(=O)O)c1CCCCCCCCCCC. The van der Waals surface area contributed by atoms with Gasteiger partial charge in [0.2, 0.25) is 0 Å². The number of hydrogen-bond acceptors (Lipinski definition) is 6. The summed E-state index contributed by atoms with van der Waals surface area (Å²) in [6.45, 7) is 9.74. The van der Waals surface area contributed by atoms with Crippen LogP contribution in [-0.4, -0.2) is 47.3 Å². The smallest absolute Gasteiger partial charge is 0.339 e. The van der Waals surface area contributed by atoms with Crippen molar-refractivity contribution in [3.63, 3.8) is 0 Å². The lowest BCUT2D eigenvalue weighted by molar-refractivity contribution is 0.0450. The predicted molar refractivity (Wildman–Crippen MR) is 284 cm³/mol. The van der Waals surface area contributed by atoms with E-state index in [4.69, 9.17) is 9.47 Å². The second-order valence-corrected chi connectivity index (χ2v) is 19.4. The van der Waals surface area contributed by atoms with Gasteiger partial charge in [0.15, 0.2) is 0 Å². The number of rotatable bonds is 44. The molecule has 0 saturated heterocycles. The van der Waals surface area contributed by atoms with Gasteiger partial charge in [-0.1, -0.05) is 251 Å². The minimum Gasteiger partial charge on any atom is -0.478 e. The van der Waals surface area contributed by atoms with Crippen molar-refractivity contribution in [3.8, 4) is 0 Å². The molecule has 2 aromatic rings. The summed E-state index contributed by atoms with van der Waals surface area (Å²) in [7, 11) is 0. The zero-order valence-electron chi connectivity index (χ0n) is 44.1. The fourth-order valence-electron chi connectivity index (χ4n) is 9.02. The largest absolute Gasteiger partial charge is 0.478 e. The molecule has 388 valence electrons. The molecule has 0 amide bonds. The van der Waals surface area contributed by atoms with Crippen molar-refractivity contribution in [1.82, 2.24) is 0 Å². The highest BCUT2D eigenvalue weighted by Gasteiger charge is 2.23. The Morgan fingerprint density at radius 1 is 0.353 bits per heavy atom. The molecule has 0 aromatic heterocycles. The van der Waals surface area contributed by atoms with E-state index in [2.05, 4.69) is 27.7 Å². The number of aromatic carboxylic acids is 2. The van der Waals surface area contributed by atoms with Gasteiger partial charge in [-0.3, -0.25) is 0 Å². The number of hydrogen-bond donors (Lipinski definition) is 2. The first-order valence-corrected chi connectivity index (χ1v) is 28.3. The normalized spacial score (nSPS) is 11.0. The molecule has 8 nitrogen and oxygen atoms in total. The Kier molecular flexibility index (Phi) is 40.8. The minimum absolute atomic E-state index is 0.0143. The Morgan fingerprint density at radius 3 is 0.985 bits per heavy atom. The molecule has 0 radical (unpaired) electrons. The van der Waals surface area contributed by atoms with Gasteiger partial charge in [-0.2, -0.15) is 0 Å². The van der Waals surface area contributed by atoms with Crippen molar-refractivity contribution < 1.29 is 38.9 Å². The maximum Gasteiger partial charge on any atom is 0.339 e. The Hall–Kier alpha value is -3.68. The van der Waals surface area contributed by atoms with Crippen molar-refractivity contribution in [2.45, 2.75) is 272 Å². The van der Waals surface area contributed by atoms with E-state index >= 15 is 0 Å². The van der Waals surface area contributed by atoms with E-state index in [0.717, 1.165) is 68.9 Å². The average Bonchev–Trinajstić information content (AvgIpc) is 3.34. The Morgan fingerprint density at radius 2 is 0.662 bits per heavy atom. The second kappa shape index (κ2) is 44.5. The molecule has 0 unspecified atom stereocenters. The molecule has 8 heteroatoms. The van der Waals surface area contributed by atoms with Gasteiger partial charge in [0.25, 0.3) is 0 Å². The summed E-state index contributed by atoms with van der Waals surface area (Å²) in [4.78, 5) is 48.7. The number of benzene rings is 2. The molecule has 0 saturated carbocycles. The number of carbonyl (C=O) groups is 4. The van der Waals surface area contributed by atoms with Crippen LogP contribution in [0.25, 0.3) is 0 Å². The van der Waals surface area contributed by atoms with Gasteiger partial charge in [-0.25, -0.2) is 19.2 Å². The fourth-order valence-corrected chi connectivity index (χ4v) is 9.02. The molecule has 0 aliphatic rings. The maximum atomic E-state index is 12.5. The number of ether oxygens (including phenoxy) is 2. The average molecular weight is 949 g/mol. The number of aryl methyl sites for hydroxylation is 1. The van der Waals surface area contributed by atoms with Crippen molar-refractivity contribution >= 4 is 23.9 Å². The second-order valence-electron chi connectivity index (χ2n) is 19.4. The third-order valence-electron chi connectivity index (χ3n) is 13.3. The van der Waals surface area contributed by atoms with E-state index in [-0.39, 0.29) is 11.1 Å². The summed E-state index contributed by atoms with van der Waals surface area (Å²) in [5, 5.41) is 19.4. The van der Waals surface area contributed by atoms with Gasteiger partial charge in [0, 0.05) is 0 Å². The van der Waals surface area contributed by atoms with Gasteiger partial charge < -0.3 is 19.7 Å². The zero-order chi connectivity index (χ0) is 49.7. The monoisotopic (exact) mass is 949 g/mol. The first-order valence-electron chi connectivity index (χ1n) is 28.3. The molecule has 0 spiro atoms. The quantitative estimate of drug-likeness (QED) is 0.0497. The molecule has 2 aromatic carbocycles. The Balaban J connectivity index is 0.000000680. The Bertz CT molecular complexity index is 1510. The zero-order valence-corrected chi connectivity index (χ0v) is 44.1. The van der Waals surface area contributed by atoms with Crippen molar-refractivity contribution in [2.24, 2.45) is 0 Å². The molecular formula is C60H100O8. The predicted octanol–water partition coefficient (Wildman–Crippen LogP) is 18.3. The van der Waals surface area contributed by atoms with Crippen LogP contribution < -0.4 is 0 Å². The van der Waals surface area contributed by atoms with E-state index in [9.17, 15) is 29.4 Å². The third-order valence-corrected chi connectivity index (χ3v) is 13.3. The van der Waals surface area contributed by atoms with Gasteiger partial charge >= 0.3 is 23.9 Å². The first kappa shape index (κ1) is 62.3. The van der Waals surface area contributed by atoms with Crippen molar-refractivity contribution in [1.29, 1.82) is 0 Å². The number of esters is 2. The fraction of sp³-hybridized carbons (Fsp3) is 0.733. The summed E-state index contributed by atoms with van der Waals surface area (Å²) in [6, 6.07) is 10.2. The van der Waals surface area contributed by atoms with E-state index in [1.54, 1.807) is 24.3 Å². The van der Waals surface area contributed by atoms with Crippen LogP contribution >= 0.6 is 0 Å². The van der Waals surface area contributed by atoms with Crippen LogP contribution in [0, 0.1) is 0 Å². The molecule has 0 aliphatic carbocycles. The molecule has 2 N–H and O–H groups in total. The first-order chi connectivity index (χ1) is 33.2. The molecule has 0 atom stereocenters. The number of carboxylic acids is 2. The van der Waals surface area contributed by atoms with E-state index in [1.165, 1.54) is 186 Å². The number of carboxylic acid groups (broad SMARTS) is 2. The van der Waals surface area contributed by atoms with Crippen LogP contribution in [0.2, 0.25) is 0 Å². The maximum absolute atomic E-state index is 12.5. The van der Waals surface area contributed by atoms with Gasteiger partial charge in [0.1, 0.15) is 0 Å². The summed E-state index contributed by atoms with van der Waals surface area (Å²) in [5.74, 6) is -3.14. The highest BCUT2D eigenvalue weighted by Crippen LogP contribution is 2.26. The molecule has 0 heterocycles. The Labute approximate surface area is 415 Å². The lowest BCUT2D eigenvalue weighted by Gasteiger charge is -2.15. The van der Waals surface area contributed by atoms with Crippen LogP contribution in [0.3, 0.4) is 0 Å². The highest BCUT2D eigenvalue weighted by molar-refractivity contribution is 6.03. The van der Waals surface area contributed by atoms with Crippen LogP contribution in [0.5, 0.6) is 0 Å². The van der Waals surface area contributed by atoms with E-state index in [1.807, 2.05) is 6.07 Å². The van der Waals surface area contributed by atoms with Crippen LogP contribution in [0.1, 0.15) is 311 Å². The summed E-state index contributed by atoms with van der Waals surface area (Å²) >= 11 is 0. The van der Waals surface area contributed by atoms with Gasteiger partial charge in [-0.05, 0) is 67.9 Å². The van der Waals surface area contributed by atoms with Crippen LogP contribution in [0.15, 0.2) is 36.4 Å². The third kappa shape index (κ3) is 31.4. The van der Waals surface area contributed by atoms with Crippen LogP contribution in [-0.2, 0) is 22.3 Å². The van der Waals surface area contributed by atoms with Gasteiger partial charge in [0.05, 0.1) is 35.5 Å². The standard InChI is InChI=1S/2C30H50O4/c1-3-5-7-9-11-13-15-17-21-25-33-29(31)27-23-19-20-24-28(27)30(32)34-26-22-18-16-14-12-10-8-6-4-2;1-3-5-7-9-11-13-15-17-19-21-25-23-24-27(29(31)32)28(30(33)34)26(25)22-20-18-16-14-12-10-8-6-4-2/h19-20,23-24H,3-18,21-22,25-26H2,1-2H3;23-24H,3-22H2,1-2H3,(H,31,32)(H,33,34). The molecule has 2 rings (SSSR count). The summed E-state index contributed by atoms with van der Waals surface area (Å²) < 4.78 is 10.9. The molecular weight excluding hydrogens is 849 g/mol. The van der Waals surface area contributed by atoms with E-state index in [0.29, 0.717) is 30.8 Å². The lowest BCUT2D eigenvalue weighted by atomic mass is 9.89. The molecule has 68 heavy (non-hydrogen) atoms. The number of unbranched alkanes of at least 4 members (excludes halogenated alkanes) is 32. The molecule has 0 bridgehead atoms. The summed E-state index contributed by atoms with van der Waals surface area (Å²) in [6.07, 6.45) is 45.6. The highest BCUT2D eigenvalue weighted by atomic mass is 16.5. The number of carbonyl (C=O) groups excluding carboxylic acids is 2. The van der Waals surface area contributed by atoms with Crippen LogP contribution in [0.4, 0.5) is 0 Å². The topological polar surface area (TPSA) is 127 Å². The lowest BCUT2D eigenvalue weighted by Crippen LogP contribution is -2.15. The van der Waals surface area contributed by atoms with Crippen molar-refractivity contribution in [2.75, 3.05) is 13.2 Å². The minimum atomic E-state index is -1.15. The van der Waals surface area contributed by atoms with Crippen molar-refractivity contribution in [3.05, 3.63) is 69.8 Å². The summed E-state index contributed by atoms with van der Waals surface area (Å²) in [5.41, 5.74) is 2.33. The molecule has 0 aliphatic heterocycles.